The minimum atomic E-state index is 0.104. The predicted molar refractivity (Wildman–Crippen MR) is 138 cm³/mol. The molecule has 0 bridgehead atoms. The summed E-state index contributed by atoms with van der Waals surface area (Å²) < 4.78 is 6.73. The van der Waals surface area contributed by atoms with Crippen LogP contribution in [0.2, 0.25) is 0 Å². The number of pyridine rings is 2. The Bertz CT molecular complexity index is 1130. The molecule has 3 aromatic heterocycles. The largest absolute Gasteiger partial charge is 0.381 e. The zero-order valence-corrected chi connectivity index (χ0v) is 20.7. The molecule has 8 nitrogen and oxygen atoms in total. The predicted octanol–water partition coefficient (Wildman–Crippen LogP) is 3.83. The molecule has 1 unspecified atom stereocenters. The Morgan fingerprint density at radius 3 is 2.68 bits per heavy atom. The molecule has 2 N–H and O–H groups in total. The highest BCUT2D eigenvalue weighted by Gasteiger charge is 2.29. The standard InChI is InChI=1S/C25H32N6O2S/c1-3-30(4-2)25(32)24-23(17-7-12-33-16-17)19-13-22(28-15-20(19)34-24)29-21-6-5-18(14-27-21)31-10-8-26-9-11-31/h5-6,13-15,17,26H,3-4,7-12,16H2,1-2H3,(H,27,28,29). The van der Waals surface area contributed by atoms with Crippen LogP contribution >= 0.6 is 11.3 Å². The van der Waals surface area contributed by atoms with Crippen LogP contribution in [0.15, 0.2) is 30.6 Å². The third-order valence-electron chi connectivity index (χ3n) is 6.68. The molecule has 0 aromatic carbocycles. The van der Waals surface area contributed by atoms with E-state index in [2.05, 4.69) is 37.6 Å². The van der Waals surface area contributed by atoms with Crippen LogP contribution in [-0.4, -0.2) is 73.3 Å². The number of amides is 1. The van der Waals surface area contributed by atoms with Gasteiger partial charge in [-0.1, -0.05) is 0 Å². The van der Waals surface area contributed by atoms with Crippen molar-refractivity contribution in [2.45, 2.75) is 26.2 Å². The molecule has 2 aliphatic rings. The van der Waals surface area contributed by atoms with Gasteiger partial charge in [-0.3, -0.25) is 4.79 Å². The fourth-order valence-corrected chi connectivity index (χ4v) is 5.98. The molecule has 180 valence electrons. The maximum atomic E-state index is 13.3. The first kappa shape index (κ1) is 23.0. The molecule has 0 saturated carbocycles. The van der Waals surface area contributed by atoms with Crippen molar-refractivity contribution in [3.8, 4) is 0 Å². The smallest absolute Gasteiger partial charge is 0.264 e. The molecule has 0 radical (unpaired) electrons. The normalized spacial score (nSPS) is 18.4. The molecule has 2 saturated heterocycles. The second kappa shape index (κ2) is 10.2. The first-order valence-electron chi connectivity index (χ1n) is 12.2. The molecule has 1 atom stereocenters. The summed E-state index contributed by atoms with van der Waals surface area (Å²) in [6.45, 7) is 10.8. The van der Waals surface area contributed by atoms with Crippen LogP contribution in [0.25, 0.3) is 10.1 Å². The summed E-state index contributed by atoms with van der Waals surface area (Å²) in [4.78, 5) is 27.6. The number of thiophene rings is 1. The summed E-state index contributed by atoms with van der Waals surface area (Å²) in [5.74, 6) is 1.82. The zero-order chi connectivity index (χ0) is 23.5. The SMILES string of the molecule is CCN(CC)C(=O)c1sc2cnc(Nc3ccc(N4CCNCC4)cn3)cc2c1C1CCOC1. The topological polar surface area (TPSA) is 82.6 Å². The number of aromatic nitrogens is 2. The lowest BCUT2D eigenvalue weighted by Crippen LogP contribution is -2.43. The summed E-state index contributed by atoms with van der Waals surface area (Å²) in [5, 5.41) is 7.82. The molecule has 0 spiro atoms. The van der Waals surface area contributed by atoms with E-state index in [-0.39, 0.29) is 11.8 Å². The first-order chi connectivity index (χ1) is 16.7. The second-order valence-electron chi connectivity index (χ2n) is 8.71. The molecular formula is C25H32N6O2S. The van der Waals surface area contributed by atoms with E-state index in [1.165, 1.54) is 0 Å². The van der Waals surface area contributed by atoms with Crippen molar-refractivity contribution < 1.29 is 9.53 Å². The number of ether oxygens (including phenoxy) is 1. The number of nitrogens with one attached hydrogen (secondary N) is 2. The van der Waals surface area contributed by atoms with Gasteiger partial charge in [0.05, 0.1) is 28.1 Å². The van der Waals surface area contributed by atoms with Crippen LogP contribution in [0.4, 0.5) is 17.3 Å². The van der Waals surface area contributed by atoms with Gasteiger partial charge in [-0.2, -0.15) is 0 Å². The van der Waals surface area contributed by atoms with Crippen molar-refractivity contribution in [1.82, 2.24) is 20.2 Å². The minimum absolute atomic E-state index is 0.104. The number of piperazine rings is 1. The van der Waals surface area contributed by atoms with Crippen molar-refractivity contribution in [3.63, 3.8) is 0 Å². The number of fused-ring (bicyclic) bond motifs is 1. The van der Waals surface area contributed by atoms with Crippen LogP contribution in [0, 0.1) is 0 Å². The van der Waals surface area contributed by atoms with E-state index in [1.54, 1.807) is 11.3 Å². The summed E-state index contributed by atoms with van der Waals surface area (Å²) in [6.07, 6.45) is 4.72. The Labute approximate surface area is 204 Å². The minimum Gasteiger partial charge on any atom is -0.381 e. The highest BCUT2D eigenvalue weighted by Crippen LogP contribution is 2.41. The van der Waals surface area contributed by atoms with Gasteiger partial charge < -0.3 is 25.2 Å². The maximum Gasteiger partial charge on any atom is 0.264 e. The Kier molecular flexibility index (Phi) is 6.94. The van der Waals surface area contributed by atoms with Crippen molar-refractivity contribution in [2.75, 3.05) is 62.7 Å². The van der Waals surface area contributed by atoms with E-state index in [9.17, 15) is 4.79 Å². The second-order valence-corrected chi connectivity index (χ2v) is 9.76. The molecule has 2 fully saturated rings. The van der Waals surface area contributed by atoms with E-state index in [4.69, 9.17) is 4.74 Å². The van der Waals surface area contributed by atoms with E-state index >= 15 is 0 Å². The average Bonchev–Trinajstić information content (AvgIpc) is 3.53. The van der Waals surface area contributed by atoms with Gasteiger partial charge in [0.1, 0.15) is 11.6 Å². The van der Waals surface area contributed by atoms with Gasteiger partial charge in [0, 0.05) is 63.4 Å². The molecule has 2 aliphatic heterocycles. The van der Waals surface area contributed by atoms with Gasteiger partial charge >= 0.3 is 0 Å². The monoisotopic (exact) mass is 480 g/mol. The maximum absolute atomic E-state index is 13.3. The van der Waals surface area contributed by atoms with Gasteiger partial charge in [0.2, 0.25) is 0 Å². The van der Waals surface area contributed by atoms with Crippen LogP contribution < -0.4 is 15.5 Å². The van der Waals surface area contributed by atoms with Gasteiger partial charge in [0.15, 0.2) is 0 Å². The molecule has 1 amide bonds. The van der Waals surface area contributed by atoms with Crippen molar-refractivity contribution >= 4 is 44.7 Å². The lowest BCUT2D eigenvalue weighted by atomic mass is 9.95. The summed E-state index contributed by atoms with van der Waals surface area (Å²) >= 11 is 1.55. The third-order valence-corrected chi connectivity index (χ3v) is 7.83. The Morgan fingerprint density at radius 1 is 1.21 bits per heavy atom. The zero-order valence-electron chi connectivity index (χ0n) is 19.8. The van der Waals surface area contributed by atoms with Crippen molar-refractivity contribution in [3.05, 3.63) is 41.0 Å². The molecular weight excluding hydrogens is 448 g/mol. The lowest BCUT2D eigenvalue weighted by molar-refractivity contribution is 0.0776. The quantitative estimate of drug-likeness (QED) is 0.532. The summed E-state index contributed by atoms with van der Waals surface area (Å²) in [6, 6.07) is 6.16. The molecule has 3 aromatic rings. The van der Waals surface area contributed by atoms with Gasteiger partial charge in [-0.15, -0.1) is 11.3 Å². The van der Waals surface area contributed by atoms with Gasteiger partial charge in [0.25, 0.3) is 5.91 Å². The van der Waals surface area contributed by atoms with Crippen LogP contribution in [0.1, 0.15) is 41.4 Å². The van der Waals surface area contributed by atoms with Crippen molar-refractivity contribution in [2.24, 2.45) is 0 Å². The fourth-order valence-electron chi connectivity index (χ4n) is 4.77. The number of hydrogen-bond acceptors (Lipinski definition) is 8. The van der Waals surface area contributed by atoms with Crippen LogP contribution in [-0.2, 0) is 4.74 Å². The van der Waals surface area contributed by atoms with Crippen LogP contribution in [0.5, 0.6) is 0 Å². The number of rotatable bonds is 7. The third kappa shape index (κ3) is 4.60. The molecule has 5 heterocycles. The summed E-state index contributed by atoms with van der Waals surface area (Å²) in [5.41, 5.74) is 2.25. The van der Waals surface area contributed by atoms with Gasteiger partial charge in [-0.25, -0.2) is 9.97 Å². The number of hydrogen-bond donors (Lipinski definition) is 2. The number of carbonyl (C=O) groups is 1. The fraction of sp³-hybridized carbons (Fsp3) is 0.480. The Balaban J connectivity index is 1.44. The molecule has 9 heteroatoms. The van der Waals surface area contributed by atoms with E-state index in [0.29, 0.717) is 19.7 Å². The number of anilines is 3. The highest BCUT2D eigenvalue weighted by atomic mass is 32.1. The Hall–Kier alpha value is -2.75. The number of carbonyl (C=O) groups excluding carboxylic acids is 1. The number of nitrogens with zero attached hydrogens (tertiary/aromatic N) is 4. The highest BCUT2D eigenvalue weighted by molar-refractivity contribution is 7.21. The van der Waals surface area contributed by atoms with Gasteiger partial charge in [-0.05, 0) is 44.0 Å². The molecule has 0 aliphatic carbocycles. The average molecular weight is 481 g/mol. The van der Waals surface area contributed by atoms with E-state index in [0.717, 1.165) is 77.1 Å². The lowest BCUT2D eigenvalue weighted by Gasteiger charge is -2.29. The Morgan fingerprint density at radius 2 is 2.00 bits per heavy atom. The first-order valence-corrected chi connectivity index (χ1v) is 13.0. The molecule has 34 heavy (non-hydrogen) atoms. The van der Waals surface area contributed by atoms with E-state index in [1.807, 2.05) is 37.2 Å². The van der Waals surface area contributed by atoms with Crippen molar-refractivity contribution in [1.29, 1.82) is 0 Å². The summed E-state index contributed by atoms with van der Waals surface area (Å²) in [7, 11) is 0. The van der Waals surface area contributed by atoms with E-state index < -0.39 is 0 Å². The van der Waals surface area contributed by atoms with Crippen LogP contribution in [0.3, 0.4) is 0 Å². The molecule has 5 rings (SSSR count).